The summed E-state index contributed by atoms with van der Waals surface area (Å²) in [7, 11) is 0. The molecule has 1 heterocycles. The molecule has 14 heavy (non-hydrogen) atoms. The number of aliphatic hydroxyl groups is 2. The molecule has 0 aliphatic carbocycles. The van der Waals surface area contributed by atoms with Crippen LogP contribution in [-0.4, -0.2) is 41.2 Å². The first-order chi connectivity index (χ1) is 6.61. The Hall–Kier alpha value is -0.810. The van der Waals surface area contributed by atoms with E-state index in [2.05, 4.69) is 10.0 Å². The second-order valence-corrected chi connectivity index (χ2v) is 3.61. The number of rotatable bonds is 2. The van der Waals surface area contributed by atoms with Crippen molar-refractivity contribution in [3.8, 4) is 0 Å². The smallest absolute Gasteiger partial charge is 0.107 e. The van der Waals surface area contributed by atoms with Crippen molar-refractivity contribution in [2.75, 3.05) is 6.61 Å². The average Bonchev–Trinajstić information content (AvgIpc) is 2.18. The highest BCUT2D eigenvalue weighted by atomic mass is 16.5. The van der Waals surface area contributed by atoms with Gasteiger partial charge < -0.3 is 14.9 Å². The second kappa shape index (κ2) is 4.61. The number of aliphatic hydroxyl groups excluding tert-OH is 2. The van der Waals surface area contributed by atoms with Gasteiger partial charge in [-0.1, -0.05) is 12.0 Å². The summed E-state index contributed by atoms with van der Waals surface area (Å²) in [6.45, 7) is 3.41. The van der Waals surface area contributed by atoms with E-state index in [0.29, 0.717) is 0 Å². The van der Waals surface area contributed by atoms with Crippen LogP contribution in [-0.2, 0) is 4.74 Å². The minimum Gasteiger partial charge on any atom is -0.394 e. The molecule has 2 unspecified atom stereocenters. The van der Waals surface area contributed by atoms with Crippen LogP contribution in [0.2, 0.25) is 0 Å². The monoisotopic (exact) mass is 201 g/mol. The molecule has 5 atom stereocenters. The highest BCUT2D eigenvalue weighted by molar-refractivity contribution is 4.93. The lowest BCUT2D eigenvalue weighted by molar-refractivity contribution is -0.157. The Balaban J connectivity index is 2.82. The first kappa shape index (κ1) is 11.3. The Kier molecular flexibility index (Phi) is 3.71. The van der Waals surface area contributed by atoms with Gasteiger partial charge in [0.15, 0.2) is 0 Å². The van der Waals surface area contributed by atoms with E-state index in [1.807, 2.05) is 13.8 Å². The molecule has 0 amide bonds. The van der Waals surface area contributed by atoms with Gasteiger partial charge in [-0.15, -0.1) is 0 Å². The van der Waals surface area contributed by atoms with E-state index in [-0.39, 0.29) is 18.6 Å². The molecule has 1 rings (SSSR count). The lowest BCUT2D eigenvalue weighted by atomic mass is 9.87. The summed E-state index contributed by atoms with van der Waals surface area (Å²) in [6.07, 6.45) is -1.72. The molecule has 0 saturated carbocycles. The third-order valence-electron chi connectivity index (χ3n) is 2.76. The lowest BCUT2D eigenvalue weighted by Gasteiger charge is -2.40. The van der Waals surface area contributed by atoms with Gasteiger partial charge in [0.1, 0.15) is 6.10 Å². The molecule has 0 aromatic heterocycles. The summed E-state index contributed by atoms with van der Waals surface area (Å²) in [6, 6.07) is -0.527. The van der Waals surface area contributed by atoms with E-state index in [9.17, 15) is 5.11 Å². The topological polar surface area (TPSA) is 98.5 Å². The van der Waals surface area contributed by atoms with Crippen LogP contribution < -0.4 is 0 Å². The van der Waals surface area contributed by atoms with E-state index in [1.54, 1.807) is 0 Å². The summed E-state index contributed by atoms with van der Waals surface area (Å²) < 4.78 is 5.35. The summed E-state index contributed by atoms with van der Waals surface area (Å²) in [4.78, 5) is 2.69. The zero-order valence-electron chi connectivity index (χ0n) is 8.24. The van der Waals surface area contributed by atoms with Crippen LogP contribution in [0.15, 0.2) is 5.11 Å². The van der Waals surface area contributed by atoms with Gasteiger partial charge in [-0.05, 0) is 18.4 Å². The quantitative estimate of drug-likeness (QED) is 0.385. The van der Waals surface area contributed by atoms with Crippen LogP contribution in [0.3, 0.4) is 0 Å². The molecule has 0 aromatic rings. The van der Waals surface area contributed by atoms with Crippen molar-refractivity contribution < 1.29 is 14.9 Å². The molecule has 0 bridgehead atoms. The number of hydrogen-bond donors (Lipinski definition) is 2. The van der Waals surface area contributed by atoms with Crippen molar-refractivity contribution in [2.45, 2.75) is 38.2 Å². The first-order valence-electron chi connectivity index (χ1n) is 4.60. The Morgan fingerprint density at radius 2 is 2.14 bits per heavy atom. The molecule has 6 nitrogen and oxygen atoms in total. The Morgan fingerprint density at radius 1 is 1.50 bits per heavy atom. The SMILES string of the molecule is CC1[C@H](C)OC(CO)[C@@H](O)[C@@H]1N=[N+]=[N-]. The average molecular weight is 201 g/mol. The van der Waals surface area contributed by atoms with Gasteiger partial charge in [0.2, 0.25) is 0 Å². The maximum atomic E-state index is 9.70. The normalized spacial score (nSPS) is 43.0. The molecule has 0 spiro atoms. The van der Waals surface area contributed by atoms with E-state index in [4.69, 9.17) is 15.4 Å². The first-order valence-corrected chi connectivity index (χ1v) is 4.60. The van der Waals surface area contributed by atoms with Gasteiger partial charge in [-0.25, -0.2) is 0 Å². The van der Waals surface area contributed by atoms with Crippen molar-refractivity contribution >= 4 is 0 Å². The van der Waals surface area contributed by atoms with Crippen molar-refractivity contribution in [3.63, 3.8) is 0 Å². The molecule has 0 radical (unpaired) electrons. The summed E-state index contributed by atoms with van der Waals surface area (Å²) in [5, 5.41) is 22.2. The summed E-state index contributed by atoms with van der Waals surface area (Å²) in [5.74, 6) is -0.0521. The largest absolute Gasteiger partial charge is 0.394 e. The van der Waals surface area contributed by atoms with Gasteiger partial charge >= 0.3 is 0 Å². The maximum Gasteiger partial charge on any atom is 0.107 e. The fraction of sp³-hybridized carbons (Fsp3) is 1.00. The zero-order chi connectivity index (χ0) is 10.7. The van der Waals surface area contributed by atoms with Gasteiger partial charge in [0.05, 0.1) is 24.9 Å². The minimum atomic E-state index is -0.929. The fourth-order valence-corrected chi connectivity index (χ4v) is 1.67. The molecule has 1 aliphatic rings. The highest BCUT2D eigenvalue weighted by Gasteiger charge is 2.40. The number of hydrogen-bond acceptors (Lipinski definition) is 4. The van der Waals surface area contributed by atoms with Crippen molar-refractivity contribution in [3.05, 3.63) is 10.4 Å². The third-order valence-corrected chi connectivity index (χ3v) is 2.76. The Bertz CT molecular complexity index is 242. The van der Waals surface area contributed by atoms with E-state index < -0.39 is 18.2 Å². The van der Waals surface area contributed by atoms with Gasteiger partial charge in [0, 0.05) is 4.91 Å². The molecular formula is C8H15N3O3. The Labute approximate surface area is 82.1 Å². The van der Waals surface area contributed by atoms with Crippen molar-refractivity contribution in [1.82, 2.24) is 0 Å². The molecule has 2 N–H and O–H groups in total. The molecule has 1 aliphatic heterocycles. The fourth-order valence-electron chi connectivity index (χ4n) is 1.67. The predicted molar refractivity (Wildman–Crippen MR) is 49.5 cm³/mol. The number of nitrogens with zero attached hydrogens (tertiary/aromatic N) is 3. The van der Waals surface area contributed by atoms with E-state index in [0.717, 1.165) is 0 Å². The van der Waals surface area contributed by atoms with Crippen molar-refractivity contribution in [1.29, 1.82) is 0 Å². The molecule has 1 saturated heterocycles. The van der Waals surface area contributed by atoms with Crippen LogP contribution in [0.4, 0.5) is 0 Å². The van der Waals surface area contributed by atoms with Crippen LogP contribution in [0.5, 0.6) is 0 Å². The van der Waals surface area contributed by atoms with Gasteiger partial charge in [0.25, 0.3) is 0 Å². The molecule has 6 heteroatoms. The lowest BCUT2D eigenvalue weighted by Crippen LogP contribution is -2.52. The van der Waals surface area contributed by atoms with Crippen LogP contribution in [0, 0.1) is 5.92 Å². The molecule has 0 aromatic carbocycles. The standard InChI is InChI=1S/C8H15N3O3/c1-4-5(2)14-6(3-12)8(13)7(4)10-11-9/h4-8,12-13H,3H2,1-2H3/t4?,5-,6?,7+,8+/m0/s1. The summed E-state index contributed by atoms with van der Waals surface area (Å²) >= 11 is 0. The van der Waals surface area contributed by atoms with Crippen molar-refractivity contribution in [2.24, 2.45) is 11.0 Å². The van der Waals surface area contributed by atoms with E-state index >= 15 is 0 Å². The summed E-state index contributed by atoms with van der Waals surface area (Å²) in [5.41, 5.74) is 8.34. The highest BCUT2D eigenvalue weighted by Crippen LogP contribution is 2.27. The maximum absolute atomic E-state index is 9.70. The van der Waals surface area contributed by atoms with Crippen LogP contribution in [0.1, 0.15) is 13.8 Å². The predicted octanol–water partition coefficient (Wildman–Crippen LogP) is 0.442. The third kappa shape index (κ3) is 1.99. The van der Waals surface area contributed by atoms with Gasteiger partial charge in [-0.3, -0.25) is 0 Å². The van der Waals surface area contributed by atoms with Gasteiger partial charge in [-0.2, -0.15) is 0 Å². The minimum absolute atomic E-state index is 0.0521. The molecule has 1 fully saturated rings. The second-order valence-electron chi connectivity index (χ2n) is 3.61. The van der Waals surface area contributed by atoms with Crippen LogP contribution in [0.25, 0.3) is 10.4 Å². The number of ether oxygens (including phenoxy) is 1. The Morgan fingerprint density at radius 3 is 2.64 bits per heavy atom. The zero-order valence-corrected chi connectivity index (χ0v) is 8.24. The molecule has 80 valence electrons. The number of azide groups is 1. The van der Waals surface area contributed by atoms with Crippen LogP contribution >= 0.6 is 0 Å². The molecular weight excluding hydrogens is 186 g/mol. The van der Waals surface area contributed by atoms with E-state index in [1.165, 1.54) is 0 Å².